The van der Waals surface area contributed by atoms with Crippen molar-refractivity contribution < 1.29 is 32.6 Å². The second-order valence-corrected chi connectivity index (χ2v) is 5.37. The smallest absolute Gasteiger partial charge is 0.387 e. The van der Waals surface area contributed by atoms with Gasteiger partial charge in [-0.3, -0.25) is 4.79 Å². The van der Waals surface area contributed by atoms with E-state index in [-0.39, 0.29) is 11.3 Å². The van der Waals surface area contributed by atoms with E-state index >= 15 is 0 Å². The van der Waals surface area contributed by atoms with Gasteiger partial charge in [-0.1, -0.05) is 12.1 Å². The molecule has 0 bridgehead atoms. The highest BCUT2D eigenvalue weighted by molar-refractivity contribution is 5.98. The molecule has 0 aromatic heterocycles. The average molecular weight is 379 g/mol. The minimum Gasteiger partial charge on any atom is -0.494 e. The van der Waals surface area contributed by atoms with Crippen molar-refractivity contribution >= 4 is 17.6 Å². The predicted octanol–water partition coefficient (Wildman–Crippen LogP) is 3.87. The molecule has 0 aliphatic heterocycles. The summed E-state index contributed by atoms with van der Waals surface area (Å²) in [6, 6.07) is 12.1. The lowest BCUT2D eigenvalue weighted by Gasteiger charge is -2.15. The van der Waals surface area contributed by atoms with E-state index in [0.717, 1.165) is 0 Å². The average Bonchev–Trinajstić information content (AvgIpc) is 2.63. The summed E-state index contributed by atoms with van der Waals surface area (Å²) in [6.07, 6.45) is -1.15. The van der Waals surface area contributed by atoms with E-state index in [2.05, 4.69) is 10.1 Å². The molecule has 27 heavy (non-hydrogen) atoms. The quantitative estimate of drug-likeness (QED) is 0.705. The molecule has 0 radical (unpaired) electrons. The number of carbonyl (C=O) groups excluding carboxylic acids is 2. The highest BCUT2D eigenvalue weighted by atomic mass is 19.3. The van der Waals surface area contributed by atoms with Crippen molar-refractivity contribution in [2.24, 2.45) is 0 Å². The Morgan fingerprint density at radius 3 is 2.37 bits per heavy atom. The van der Waals surface area contributed by atoms with Gasteiger partial charge in [0.15, 0.2) is 6.10 Å². The first-order chi connectivity index (χ1) is 12.9. The van der Waals surface area contributed by atoms with Crippen LogP contribution >= 0.6 is 0 Å². The van der Waals surface area contributed by atoms with Crippen LogP contribution in [-0.2, 0) is 9.53 Å². The topological polar surface area (TPSA) is 73.9 Å². The van der Waals surface area contributed by atoms with Gasteiger partial charge in [-0.15, -0.1) is 0 Å². The molecular formula is C19H19F2NO5. The number of amides is 1. The van der Waals surface area contributed by atoms with Crippen LogP contribution in [0.1, 0.15) is 24.2 Å². The molecule has 8 heteroatoms. The molecule has 6 nitrogen and oxygen atoms in total. The zero-order valence-electron chi connectivity index (χ0n) is 14.8. The monoisotopic (exact) mass is 379 g/mol. The van der Waals surface area contributed by atoms with Crippen molar-refractivity contribution in [3.63, 3.8) is 0 Å². The molecule has 0 fully saturated rings. The van der Waals surface area contributed by atoms with Crippen LogP contribution in [0.15, 0.2) is 48.5 Å². The highest BCUT2D eigenvalue weighted by Crippen LogP contribution is 2.22. The summed E-state index contributed by atoms with van der Waals surface area (Å²) in [7, 11) is 0. The summed E-state index contributed by atoms with van der Waals surface area (Å²) in [5.74, 6) is -1.18. The molecule has 144 valence electrons. The highest BCUT2D eigenvalue weighted by Gasteiger charge is 2.22. The number of anilines is 1. The maximum absolute atomic E-state index is 12.4. The zero-order chi connectivity index (χ0) is 19.8. The molecule has 2 rings (SSSR count). The minimum atomic E-state index is -3.08. The summed E-state index contributed by atoms with van der Waals surface area (Å²) in [5, 5.41) is 2.59. The van der Waals surface area contributed by atoms with E-state index in [1.807, 2.05) is 6.92 Å². The van der Waals surface area contributed by atoms with Crippen LogP contribution in [-0.4, -0.2) is 31.2 Å². The van der Waals surface area contributed by atoms with E-state index in [1.54, 1.807) is 24.3 Å². The SMILES string of the molecule is CCOc1ccc(NC(=O)[C@@H](C)OC(=O)c2ccccc2OC(F)F)cc1. The zero-order valence-corrected chi connectivity index (χ0v) is 14.8. The van der Waals surface area contributed by atoms with Crippen LogP contribution in [0.25, 0.3) is 0 Å². The lowest BCUT2D eigenvalue weighted by atomic mass is 10.2. The second kappa shape index (κ2) is 9.51. The number of esters is 1. The number of ether oxygens (including phenoxy) is 3. The molecule has 0 unspecified atom stereocenters. The Hall–Kier alpha value is -3.16. The summed E-state index contributed by atoms with van der Waals surface area (Å²) in [5.41, 5.74) is 0.298. The lowest BCUT2D eigenvalue weighted by Crippen LogP contribution is -2.30. The number of para-hydroxylation sites is 1. The van der Waals surface area contributed by atoms with Gasteiger partial charge in [0, 0.05) is 5.69 Å². The van der Waals surface area contributed by atoms with Crippen molar-refractivity contribution in [1.29, 1.82) is 0 Å². The fourth-order valence-corrected chi connectivity index (χ4v) is 2.16. The first kappa shape index (κ1) is 20.2. The fraction of sp³-hybridized carbons (Fsp3) is 0.263. The number of nitrogens with one attached hydrogen (secondary N) is 1. The molecule has 0 saturated heterocycles. The maximum Gasteiger partial charge on any atom is 0.387 e. The molecule has 1 N–H and O–H groups in total. The van der Waals surface area contributed by atoms with E-state index in [9.17, 15) is 18.4 Å². The van der Waals surface area contributed by atoms with Crippen LogP contribution in [0.5, 0.6) is 11.5 Å². The summed E-state index contributed by atoms with van der Waals surface area (Å²) in [6.45, 7) is 0.670. The van der Waals surface area contributed by atoms with Gasteiger partial charge in [0.25, 0.3) is 5.91 Å². The first-order valence-corrected chi connectivity index (χ1v) is 8.19. The van der Waals surface area contributed by atoms with Crippen LogP contribution in [0, 0.1) is 0 Å². The minimum absolute atomic E-state index is 0.196. The van der Waals surface area contributed by atoms with Crippen molar-refractivity contribution in [2.75, 3.05) is 11.9 Å². The summed E-state index contributed by atoms with van der Waals surface area (Å²) >= 11 is 0. The van der Waals surface area contributed by atoms with Gasteiger partial charge in [0.05, 0.1) is 6.61 Å². The standard InChI is InChI=1S/C19H19F2NO5/c1-3-25-14-10-8-13(9-11-14)22-17(23)12(2)26-18(24)15-6-4-5-7-16(15)27-19(20)21/h4-12,19H,3H2,1-2H3,(H,22,23)/t12-/m1/s1. The number of hydrogen-bond donors (Lipinski definition) is 1. The van der Waals surface area contributed by atoms with Gasteiger partial charge in [0.2, 0.25) is 0 Å². The molecule has 1 atom stereocenters. The van der Waals surface area contributed by atoms with Crippen LogP contribution in [0.2, 0.25) is 0 Å². The normalized spacial score (nSPS) is 11.6. The number of hydrogen-bond acceptors (Lipinski definition) is 5. The van der Waals surface area contributed by atoms with Crippen molar-refractivity contribution in [3.8, 4) is 11.5 Å². The lowest BCUT2D eigenvalue weighted by molar-refractivity contribution is -0.123. The van der Waals surface area contributed by atoms with Crippen LogP contribution < -0.4 is 14.8 Å². The summed E-state index contributed by atoms with van der Waals surface area (Å²) < 4.78 is 39.5. The van der Waals surface area contributed by atoms with Crippen molar-refractivity contribution in [2.45, 2.75) is 26.6 Å². The molecule has 0 aliphatic carbocycles. The number of benzene rings is 2. The fourth-order valence-electron chi connectivity index (χ4n) is 2.16. The van der Waals surface area contributed by atoms with Crippen molar-refractivity contribution in [1.82, 2.24) is 0 Å². The molecule has 0 spiro atoms. The molecule has 0 aliphatic rings. The van der Waals surface area contributed by atoms with Gasteiger partial charge in [0.1, 0.15) is 17.1 Å². The largest absolute Gasteiger partial charge is 0.494 e. The number of rotatable bonds is 8. The number of carbonyl (C=O) groups is 2. The molecule has 0 saturated carbocycles. The first-order valence-electron chi connectivity index (χ1n) is 8.19. The second-order valence-electron chi connectivity index (χ2n) is 5.37. The third-order valence-corrected chi connectivity index (χ3v) is 3.41. The van der Waals surface area contributed by atoms with Gasteiger partial charge in [-0.2, -0.15) is 8.78 Å². The third-order valence-electron chi connectivity index (χ3n) is 3.41. The van der Waals surface area contributed by atoms with Gasteiger partial charge in [-0.05, 0) is 50.2 Å². The van der Waals surface area contributed by atoms with Gasteiger partial charge >= 0.3 is 12.6 Å². The van der Waals surface area contributed by atoms with E-state index < -0.39 is 24.6 Å². The Labute approximate surface area is 155 Å². The third kappa shape index (κ3) is 5.95. The Balaban J connectivity index is 1.98. The Bertz CT molecular complexity index is 780. The Morgan fingerprint density at radius 1 is 1.07 bits per heavy atom. The van der Waals surface area contributed by atoms with E-state index in [4.69, 9.17) is 9.47 Å². The Morgan fingerprint density at radius 2 is 1.74 bits per heavy atom. The molecule has 2 aromatic carbocycles. The van der Waals surface area contributed by atoms with Crippen LogP contribution in [0.4, 0.5) is 14.5 Å². The van der Waals surface area contributed by atoms with Gasteiger partial charge < -0.3 is 19.5 Å². The van der Waals surface area contributed by atoms with E-state index in [0.29, 0.717) is 18.0 Å². The molecule has 0 heterocycles. The molecular weight excluding hydrogens is 360 g/mol. The predicted molar refractivity (Wildman–Crippen MR) is 94.2 cm³/mol. The number of alkyl halides is 2. The summed E-state index contributed by atoms with van der Waals surface area (Å²) in [4.78, 5) is 24.4. The maximum atomic E-state index is 12.4. The van der Waals surface area contributed by atoms with E-state index in [1.165, 1.54) is 31.2 Å². The molecule has 1 amide bonds. The van der Waals surface area contributed by atoms with Gasteiger partial charge in [-0.25, -0.2) is 4.79 Å². The molecule has 2 aromatic rings. The van der Waals surface area contributed by atoms with Crippen LogP contribution in [0.3, 0.4) is 0 Å². The Kier molecular flexibility index (Phi) is 7.10. The number of halogens is 2. The van der Waals surface area contributed by atoms with Crippen molar-refractivity contribution in [3.05, 3.63) is 54.1 Å².